The standard InChI is InChI=1S/C11H8FN3O2S.BrH/c12-6-1-3-7(4-2-6)14-9(16)5-8-10(17)15-11(13)18-8;/h1-5H,(H,14,16)(H2,13,15,17);1H/p-1/b8-5+;. The number of carbonyl (C=O) groups excluding carboxylic acids is 2. The number of nitrogens with zero attached hydrogens (tertiary/aromatic N) is 1. The molecule has 1 aliphatic heterocycles. The lowest BCUT2D eigenvalue weighted by Gasteiger charge is -2.01. The van der Waals surface area contributed by atoms with Gasteiger partial charge in [0.15, 0.2) is 5.17 Å². The van der Waals surface area contributed by atoms with E-state index in [9.17, 15) is 14.0 Å². The number of hydrogen-bond acceptors (Lipinski definition) is 4. The third-order valence-electron chi connectivity index (χ3n) is 2.01. The Morgan fingerprint density at radius 3 is 2.53 bits per heavy atom. The molecule has 2 amide bonds. The van der Waals surface area contributed by atoms with E-state index in [-0.39, 0.29) is 27.1 Å². The largest absolute Gasteiger partial charge is 1.00 e. The summed E-state index contributed by atoms with van der Waals surface area (Å²) in [6.07, 6.45) is 1.11. The second kappa shape index (κ2) is 6.48. The Bertz CT molecular complexity index is 572. The Kier molecular flexibility index (Phi) is 5.25. The first kappa shape index (κ1) is 15.4. The maximum atomic E-state index is 12.6. The average molecular weight is 345 g/mol. The van der Waals surface area contributed by atoms with Crippen LogP contribution in [0.25, 0.3) is 0 Å². The van der Waals surface area contributed by atoms with E-state index in [0.29, 0.717) is 5.69 Å². The van der Waals surface area contributed by atoms with Gasteiger partial charge in [-0.3, -0.25) is 9.59 Å². The summed E-state index contributed by atoms with van der Waals surface area (Å²) >= 11 is 0.933. The Morgan fingerprint density at radius 2 is 2.00 bits per heavy atom. The number of nitrogens with two attached hydrogens (primary N) is 1. The van der Waals surface area contributed by atoms with E-state index < -0.39 is 17.6 Å². The van der Waals surface area contributed by atoms with Gasteiger partial charge in [-0.25, -0.2) is 4.39 Å². The molecule has 0 saturated carbocycles. The average Bonchev–Trinajstić information content (AvgIpc) is 2.61. The van der Waals surface area contributed by atoms with Crippen molar-refractivity contribution in [1.29, 1.82) is 0 Å². The molecular weight excluding hydrogens is 337 g/mol. The predicted octanol–water partition coefficient (Wildman–Crippen LogP) is -1.76. The van der Waals surface area contributed by atoms with Gasteiger partial charge in [0.05, 0.1) is 4.91 Å². The Balaban J connectivity index is 0.00000180. The number of anilines is 1. The monoisotopic (exact) mass is 344 g/mol. The van der Waals surface area contributed by atoms with Gasteiger partial charge in [-0.1, -0.05) is 0 Å². The Labute approximate surface area is 122 Å². The number of benzene rings is 1. The first-order valence-corrected chi connectivity index (χ1v) is 5.71. The van der Waals surface area contributed by atoms with Crippen molar-refractivity contribution in [2.45, 2.75) is 0 Å². The minimum Gasteiger partial charge on any atom is -1.00 e. The Hall–Kier alpha value is -1.67. The summed E-state index contributed by atoms with van der Waals surface area (Å²) in [4.78, 5) is 26.4. The topological polar surface area (TPSA) is 84.5 Å². The van der Waals surface area contributed by atoms with Crippen molar-refractivity contribution in [1.82, 2.24) is 0 Å². The summed E-state index contributed by atoms with van der Waals surface area (Å²) in [7, 11) is 0. The van der Waals surface area contributed by atoms with Gasteiger partial charge in [-0.05, 0) is 36.0 Å². The molecule has 0 aromatic heterocycles. The molecule has 100 valence electrons. The summed E-state index contributed by atoms with van der Waals surface area (Å²) in [5.41, 5.74) is 5.77. The molecule has 0 atom stereocenters. The summed E-state index contributed by atoms with van der Waals surface area (Å²) < 4.78 is 12.6. The van der Waals surface area contributed by atoms with Crippen molar-refractivity contribution >= 4 is 34.4 Å². The number of amides is 2. The summed E-state index contributed by atoms with van der Waals surface area (Å²) in [6, 6.07) is 5.28. The number of carbonyl (C=O) groups is 2. The third kappa shape index (κ3) is 4.18. The van der Waals surface area contributed by atoms with Crippen molar-refractivity contribution in [3.05, 3.63) is 41.1 Å². The van der Waals surface area contributed by atoms with E-state index in [2.05, 4.69) is 10.3 Å². The molecule has 8 heteroatoms. The van der Waals surface area contributed by atoms with Gasteiger partial charge in [-0.15, -0.1) is 0 Å². The number of halogens is 2. The van der Waals surface area contributed by atoms with Crippen molar-refractivity contribution in [2.24, 2.45) is 10.7 Å². The third-order valence-corrected chi connectivity index (χ3v) is 2.82. The van der Waals surface area contributed by atoms with E-state index >= 15 is 0 Å². The fourth-order valence-electron chi connectivity index (χ4n) is 1.26. The summed E-state index contributed by atoms with van der Waals surface area (Å²) in [6.45, 7) is 0. The molecule has 0 spiro atoms. The molecule has 1 heterocycles. The van der Waals surface area contributed by atoms with Crippen LogP contribution in [-0.4, -0.2) is 17.0 Å². The minimum atomic E-state index is -0.535. The van der Waals surface area contributed by atoms with Gasteiger partial charge in [0.1, 0.15) is 5.82 Å². The molecule has 0 unspecified atom stereocenters. The Morgan fingerprint density at radius 1 is 1.37 bits per heavy atom. The van der Waals surface area contributed by atoms with Crippen molar-refractivity contribution in [3.8, 4) is 0 Å². The van der Waals surface area contributed by atoms with Crippen LogP contribution in [0.2, 0.25) is 0 Å². The van der Waals surface area contributed by atoms with Crippen LogP contribution in [0, 0.1) is 5.82 Å². The zero-order valence-electron chi connectivity index (χ0n) is 9.39. The van der Waals surface area contributed by atoms with Gasteiger partial charge < -0.3 is 28.0 Å². The van der Waals surface area contributed by atoms with Crippen LogP contribution in [0.15, 0.2) is 40.2 Å². The molecule has 19 heavy (non-hydrogen) atoms. The molecule has 0 radical (unpaired) electrons. The molecule has 0 fully saturated rings. The first-order valence-electron chi connectivity index (χ1n) is 4.89. The van der Waals surface area contributed by atoms with E-state index in [0.717, 1.165) is 17.8 Å². The molecular formula is C11H8BrFN3O2S-. The number of thioether (sulfide) groups is 1. The number of hydrogen-bond donors (Lipinski definition) is 2. The van der Waals surface area contributed by atoms with Crippen LogP contribution in [0.3, 0.4) is 0 Å². The van der Waals surface area contributed by atoms with Crippen LogP contribution >= 0.6 is 11.8 Å². The zero-order chi connectivity index (χ0) is 13.1. The van der Waals surface area contributed by atoms with E-state index in [4.69, 9.17) is 5.73 Å². The number of rotatable bonds is 2. The molecule has 0 saturated heterocycles. The number of aliphatic imine (C=N–C) groups is 1. The zero-order valence-corrected chi connectivity index (χ0v) is 11.8. The molecule has 1 aromatic carbocycles. The van der Waals surface area contributed by atoms with E-state index in [1.54, 1.807) is 0 Å². The second-order valence-electron chi connectivity index (χ2n) is 3.36. The minimum absolute atomic E-state index is 0. The molecule has 0 bridgehead atoms. The second-order valence-corrected chi connectivity index (χ2v) is 4.42. The molecule has 5 nitrogen and oxygen atoms in total. The van der Waals surface area contributed by atoms with E-state index in [1.165, 1.54) is 24.3 Å². The van der Waals surface area contributed by atoms with Crippen LogP contribution in [0.1, 0.15) is 0 Å². The summed E-state index contributed by atoms with van der Waals surface area (Å²) in [5, 5.41) is 2.60. The molecule has 2 rings (SSSR count). The van der Waals surface area contributed by atoms with Gasteiger partial charge >= 0.3 is 0 Å². The highest BCUT2D eigenvalue weighted by atomic mass is 79.9. The normalized spacial score (nSPS) is 15.9. The SMILES string of the molecule is NC1=NC(=O)/C(=C\C(=O)Nc2ccc(F)cc2)S1.[Br-]. The lowest BCUT2D eigenvalue weighted by atomic mass is 10.3. The van der Waals surface area contributed by atoms with Crippen LogP contribution < -0.4 is 28.0 Å². The maximum Gasteiger partial charge on any atom is 0.286 e. The highest BCUT2D eigenvalue weighted by Gasteiger charge is 2.20. The summed E-state index contributed by atoms with van der Waals surface area (Å²) in [5.74, 6) is -1.43. The fourth-order valence-corrected chi connectivity index (χ4v) is 1.91. The van der Waals surface area contributed by atoms with Crippen LogP contribution in [0.5, 0.6) is 0 Å². The highest BCUT2D eigenvalue weighted by molar-refractivity contribution is 8.18. The lowest BCUT2D eigenvalue weighted by Crippen LogP contribution is -3.00. The lowest BCUT2D eigenvalue weighted by molar-refractivity contribution is -0.115. The molecule has 1 aliphatic rings. The van der Waals surface area contributed by atoms with Crippen molar-refractivity contribution in [2.75, 3.05) is 5.32 Å². The highest BCUT2D eigenvalue weighted by Crippen LogP contribution is 2.23. The van der Waals surface area contributed by atoms with Crippen LogP contribution in [-0.2, 0) is 9.59 Å². The number of amidine groups is 1. The van der Waals surface area contributed by atoms with E-state index in [1.807, 2.05) is 0 Å². The van der Waals surface area contributed by atoms with Crippen molar-refractivity contribution in [3.63, 3.8) is 0 Å². The van der Waals surface area contributed by atoms with Gasteiger partial charge in [-0.2, -0.15) is 4.99 Å². The molecule has 1 aromatic rings. The smallest absolute Gasteiger partial charge is 0.286 e. The number of nitrogens with one attached hydrogen (secondary N) is 1. The van der Waals surface area contributed by atoms with Crippen molar-refractivity contribution < 1.29 is 31.0 Å². The maximum absolute atomic E-state index is 12.6. The van der Waals surface area contributed by atoms with Gasteiger partial charge in [0.2, 0.25) is 5.91 Å². The quantitative estimate of drug-likeness (QED) is 0.622. The predicted molar refractivity (Wildman–Crippen MR) is 67.3 cm³/mol. The molecule has 3 N–H and O–H groups in total. The molecule has 0 aliphatic carbocycles. The fraction of sp³-hybridized carbons (Fsp3) is 0. The first-order chi connectivity index (χ1) is 8.54. The van der Waals surface area contributed by atoms with Gasteiger partial charge in [0.25, 0.3) is 5.91 Å². The van der Waals surface area contributed by atoms with Gasteiger partial charge in [0, 0.05) is 11.8 Å². The van der Waals surface area contributed by atoms with Crippen LogP contribution in [0.4, 0.5) is 10.1 Å².